The van der Waals surface area contributed by atoms with E-state index in [1.165, 1.54) is 24.5 Å². The van der Waals surface area contributed by atoms with Crippen LogP contribution in [-0.2, 0) is 12.7 Å². The third kappa shape index (κ3) is 3.38. The van der Waals surface area contributed by atoms with Gasteiger partial charge in [-0.3, -0.25) is 4.79 Å². The molecule has 0 unspecified atom stereocenters. The number of hydrogen-bond acceptors (Lipinski definition) is 6. The van der Waals surface area contributed by atoms with Gasteiger partial charge in [0.2, 0.25) is 5.82 Å². The van der Waals surface area contributed by atoms with E-state index in [-0.39, 0.29) is 34.9 Å². The first-order valence-electron chi connectivity index (χ1n) is 7.62. The van der Waals surface area contributed by atoms with Crippen LogP contribution in [0.2, 0.25) is 0 Å². The summed E-state index contributed by atoms with van der Waals surface area (Å²) in [6, 6.07) is 7.31. The number of imidazole rings is 1. The summed E-state index contributed by atoms with van der Waals surface area (Å²) in [6.07, 6.45) is -3.14. The molecule has 0 saturated heterocycles. The van der Waals surface area contributed by atoms with E-state index in [1.807, 2.05) is 0 Å². The van der Waals surface area contributed by atoms with Crippen molar-refractivity contribution in [3.05, 3.63) is 53.8 Å². The number of aromatic nitrogens is 4. The topological polar surface area (TPSA) is 110 Å². The van der Waals surface area contributed by atoms with Gasteiger partial charge in [0.25, 0.3) is 11.8 Å². The van der Waals surface area contributed by atoms with E-state index in [2.05, 4.69) is 25.4 Å². The van der Waals surface area contributed by atoms with Crippen LogP contribution in [0.4, 0.5) is 13.2 Å². The maximum atomic E-state index is 12.7. The average Bonchev–Trinajstić information content (AvgIpc) is 3.37. The number of carbonyl (C=O) groups excluding carboxylic acids is 1. The van der Waals surface area contributed by atoms with Gasteiger partial charge in [-0.05, 0) is 30.3 Å². The predicted molar refractivity (Wildman–Crippen MR) is 84.3 cm³/mol. The SMILES string of the molecule is O=C(NCc1noc(-c2ccco2)n1)c1ccc2nc(C(F)(F)F)[nH]c2c1. The van der Waals surface area contributed by atoms with Crippen molar-refractivity contribution in [3.63, 3.8) is 0 Å². The monoisotopic (exact) mass is 377 g/mol. The molecule has 0 aliphatic carbocycles. The lowest BCUT2D eigenvalue weighted by atomic mass is 10.2. The van der Waals surface area contributed by atoms with Crippen molar-refractivity contribution < 1.29 is 26.9 Å². The van der Waals surface area contributed by atoms with Crippen LogP contribution in [-0.4, -0.2) is 26.0 Å². The Hall–Kier alpha value is -3.63. The Morgan fingerprint density at radius 1 is 1.22 bits per heavy atom. The highest BCUT2D eigenvalue weighted by atomic mass is 19.4. The molecule has 138 valence electrons. The van der Waals surface area contributed by atoms with E-state index in [4.69, 9.17) is 8.94 Å². The Morgan fingerprint density at radius 2 is 2.07 bits per heavy atom. The minimum atomic E-state index is -4.59. The van der Waals surface area contributed by atoms with Gasteiger partial charge in [-0.2, -0.15) is 18.2 Å². The number of benzene rings is 1. The molecule has 0 aliphatic heterocycles. The van der Waals surface area contributed by atoms with Gasteiger partial charge in [-0.1, -0.05) is 5.16 Å². The van der Waals surface area contributed by atoms with Crippen molar-refractivity contribution in [2.75, 3.05) is 0 Å². The van der Waals surface area contributed by atoms with Crippen molar-refractivity contribution in [1.29, 1.82) is 0 Å². The summed E-state index contributed by atoms with van der Waals surface area (Å²) in [4.78, 5) is 21.9. The van der Waals surface area contributed by atoms with Gasteiger partial charge in [0.15, 0.2) is 11.6 Å². The molecule has 0 aliphatic rings. The molecule has 2 N–H and O–H groups in total. The maximum Gasteiger partial charge on any atom is 0.449 e. The molecule has 4 aromatic rings. The van der Waals surface area contributed by atoms with Crippen LogP contribution in [0.25, 0.3) is 22.7 Å². The second kappa shape index (κ2) is 6.27. The smallest absolute Gasteiger partial charge is 0.449 e. The van der Waals surface area contributed by atoms with Crippen LogP contribution >= 0.6 is 0 Å². The molecule has 0 fully saturated rings. The second-order valence-electron chi connectivity index (χ2n) is 5.49. The highest BCUT2D eigenvalue weighted by Crippen LogP contribution is 2.28. The number of aromatic amines is 1. The van der Waals surface area contributed by atoms with Crippen molar-refractivity contribution in [1.82, 2.24) is 25.4 Å². The molecular weight excluding hydrogens is 367 g/mol. The van der Waals surface area contributed by atoms with Crippen LogP contribution in [0.15, 0.2) is 45.5 Å². The summed E-state index contributed by atoms with van der Waals surface area (Å²) in [5, 5.41) is 6.28. The zero-order valence-corrected chi connectivity index (χ0v) is 13.4. The zero-order valence-electron chi connectivity index (χ0n) is 13.4. The van der Waals surface area contributed by atoms with Crippen molar-refractivity contribution in [2.24, 2.45) is 0 Å². The summed E-state index contributed by atoms with van der Waals surface area (Å²) in [6.45, 7) is -0.0299. The van der Waals surface area contributed by atoms with E-state index in [1.54, 1.807) is 12.1 Å². The van der Waals surface area contributed by atoms with Gasteiger partial charge < -0.3 is 19.2 Å². The molecule has 3 aromatic heterocycles. The van der Waals surface area contributed by atoms with Crippen LogP contribution in [0, 0.1) is 0 Å². The number of nitrogens with zero attached hydrogens (tertiary/aromatic N) is 3. The Kier molecular flexibility index (Phi) is 3.90. The number of rotatable bonds is 4. The van der Waals surface area contributed by atoms with E-state index < -0.39 is 17.9 Å². The third-order valence-corrected chi connectivity index (χ3v) is 3.62. The molecule has 3 heterocycles. The number of amides is 1. The molecule has 0 atom stereocenters. The summed E-state index contributed by atoms with van der Waals surface area (Å²) < 4.78 is 48.2. The van der Waals surface area contributed by atoms with Gasteiger partial charge in [0, 0.05) is 5.56 Å². The fourth-order valence-corrected chi connectivity index (χ4v) is 2.37. The molecule has 1 aromatic carbocycles. The number of hydrogen-bond donors (Lipinski definition) is 2. The highest BCUT2D eigenvalue weighted by Gasteiger charge is 2.34. The van der Waals surface area contributed by atoms with Crippen LogP contribution in [0.5, 0.6) is 0 Å². The average molecular weight is 377 g/mol. The molecule has 0 spiro atoms. The molecule has 4 rings (SSSR count). The fourth-order valence-electron chi connectivity index (χ4n) is 2.37. The minimum Gasteiger partial charge on any atom is -0.459 e. The van der Waals surface area contributed by atoms with E-state index in [0.29, 0.717) is 5.76 Å². The first-order valence-corrected chi connectivity index (χ1v) is 7.62. The third-order valence-electron chi connectivity index (χ3n) is 3.62. The largest absolute Gasteiger partial charge is 0.459 e. The second-order valence-corrected chi connectivity index (χ2v) is 5.49. The molecule has 0 bridgehead atoms. The Balaban J connectivity index is 1.46. The molecular formula is C16H10F3N5O3. The first-order chi connectivity index (χ1) is 12.9. The number of halogens is 3. The van der Waals surface area contributed by atoms with Gasteiger partial charge in [-0.15, -0.1) is 0 Å². The lowest BCUT2D eigenvalue weighted by Crippen LogP contribution is -2.23. The number of alkyl halides is 3. The molecule has 27 heavy (non-hydrogen) atoms. The summed E-state index contributed by atoms with van der Waals surface area (Å²) in [5.74, 6) is -0.846. The van der Waals surface area contributed by atoms with E-state index >= 15 is 0 Å². The molecule has 1 amide bonds. The van der Waals surface area contributed by atoms with Gasteiger partial charge in [-0.25, -0.2) is 4.98 Å². The lowest BCUT2D eigenvalue weighted by Gasteiger charge is -2.02. The minimum absolute atomic E-state index is 0.0299. The zero-order chi connectivity index (χ0) is 19.0. The molecule has 0 saturated carbocycles. The summed E-state index contributed by atoms with van der Waals surface area (Å²) >= 11 is 0. The van der Waals surface area contributed by atoms with Crippen molar-refractivity contribution in [2.45, 2.75) is 12.7 Å². The van der Waals surface area contributed by atoms with Gasteiger partial charge >= 0.3 is 6.18 Å². The van der Waals surface area contributed by atoms with Crippen LogP contribution in [0.3, 0.4) is 0 Å². The van der Waals surface area contributed by atoms with E-state index in [0.717, 1.165) is 0 Å². The predicted octanol–water partition coefficient (Wildman–Crippen LogP) is 3.15. The molecule has 0 radical (unpaired) electrons. The Labute approximate surface area is 148 Å². The van der Waals surface area contributed by atoms with Gasteiger partial charge in [0.1, 0.15) is 0 Å². The summed E-state index contributed by atoms with van der Waals surface area (Å²) in [5.41, 5.74) is 0.379. The number of fused-ring (bicyclic) bond motifs is 1. The van der Waals surface area contributed by atoms with Gasteiger partial charge in [0.05, 0.1) is 23.8 Å². The Morgan fingerprint density at radius 3 is 2.81 bits per heavy atom. The summed E-state index contributed by atoms with van der Waals surface area (Å²) in [7, 11) is 0. The van der Waals surface area contributed by atoms with Crippen LogP contribution < -0.4 is 5.32 Å². The maximum absolute atomic E-state index is 12.7. The van der Waals surface area contributed by atoms with Crippen molar-refractivity contribution in [3.8, 4) is 11.7 Å². The first kappa shape index (κ1) is 16.8. The fraction of sp³-hybridized carbons (Fsp3) is 0.125. The molecule has 11 heteroatoms. The Bertz CT molecular complexity index is 1100. The molecule has 8 nitrogen and oxygen atoms in total. The normalized spacial score (nSPS) is 11.8. The van der Waals surface area contributed by atoms with Crippen LogP contribution in [0.1, 0.15) is 22.0 Å². The number of nitrogens with one attached hydrogen (secondary N) is 2. The number of H-pyrrole nitrogens is 1. The quantitative estimate of drug-likeness (QED) is 0.565. The highest BCUT2D eigenvalue weighted by molar-refractivity contribution is 5.97. The van der Waals surface area contributed by atoms with Crippen molar-refractivity contribution >= 4 is 16.9 Å². The number of carbonyl (C=O) groups is 1. The standard InChI is InChI=1S/C16H10F3N5O3/c17-16(18,19)15-21-9-4-3-8(6-10(9)22-15)13(25)20-7-12-23-14(27-24-12)11-2-1-5-26-11/h1-6H,7H2,(H,20,25)(H,21,22). The van der Waals surface area contributed by atoms with E-state index in [9.17, 15) is 18.0 Å². The lowest BCUT2D eigenvalue weighted by molar-refractivity contribution is -0.144. The number of furan rings is 1.